The number of rotatable bonds is 4. The third-order valence-electron chi connectivity index (χ3n) is 2.46. The lowest BCUT2D eigenvalue weighted by Gasteiger charge is -2.36. The van der Waals surface area contributed by atoms with Crippen molar-refractivity contribution in [3.8, 4) is 0 Å². The van der Waals surface area contributed by atoms with E-state index in [0.29, 0.717) is 24.9 Å². The zero-order valence-corrected chi connectivity index (χ0v) is 9.71. The average molecular weight is 232 g/mol. The van der Waals surface area contributed by atoms with Gasteiger partial charge in [0.1, 0.15) is 0 Å². The summed E-state index contributed by atoms with van der Waals surface area (Å²) in [5, 5.41) is 11.8. The maximum atomic E-state index is 11.4. The van der Waals surface area contributed by atoms with Crippen molar-refractivity contribution in [1.82, 2.24) is 10.2 Å². The number of urea groups is 1. The second kappa shape index (κ2) is 5.25. The van der Waals surface area contributed by atoms with Crippen LogP contribution in [0.2, 0.25) is 0 Å². The molecule has 6 heteroatoms. The van der Waals surface area contributed by atoms with Gasteiger partial charge in [0.2, 0.25) is 0 Å². The maximum absolute atomic E-state index is 11.4. The van der Waals surface area contributed by atoms with E-state index >= 15 is 0 Å². The van der Waals surface area contributed by atoms with E-state index in [-0.39, 0.29) is 11.9 Å². The van der Waals surface area contributed by atoms with Gasteiger partial charge in [-0.15, -0.1) is 0 Å². The van der Waals surface area contributed by atoms with Gasteiger partial charge in [0.25, 0.3) is 0 Å². The first-order valence-electron chi connectivity index (χ1n) is 4.83. The summed E-state index contributed by atoms with van der Waals surface area (Å²) in [6.45, 7) is 3.30. The number of thioether (sulfide) groups is 1. The largest absolute Gasteiger partial charge is 0.481 e. The second-order valence-electron chi connectivity index (χ2n) is 3.67. The Kier molecular flexibility index (Phi) is 4.26. The Labute approximate surface area is 93.2 Å². The van der Waals surface area contributed by atoms with Crippen molar-refractivity contribution >= 4 is 23.8 Å². The Balaban J connectivity index is 2.18. The quantitative estimate of drug-likeness (QED) is 0.739. The molecule has 0 bridgehead atoms. The summed E-state index contributed by atoms with van der Waals surface area (Å²) < 4.78 is 0. The van der Waals surface area contributed by atoms with Gasteiger partial charge < -0.3 is 15.3 Å². The van der Waals surface area contributed by atoms with Crippen LogP contribution in [0.15, 0.2) is 0 Å². The molecule has 0 aliphatic carbocycles. The number of nitrogens with zero attached hydrogens (tertiary/aromatic N) is 1. The minimum absolute atomic E-state index is 0.159. The molecule has 2 N–H and O–H groups in total. The number of aliphatic carboxylic acids is 1. The van der Waals surface area contributed by atoms with Crippen molar-refractivity contribution in [2.24, 2.45) is 5.92 Å². The highest BCUT2D eigenvalue weighted by molar-refractivity contribution is 7.99. The van der Waals surface area contributed by atoms with Crippen LogP contribution in [-0.2, 0) is 4.79 Å². The highest BCUT2D eigenvalue weighted by Gasteiger charge is 2.35. The number of carboxylic acids is 1. The Bertz CT molecular complexity index is 254. The van der Waals surface area contributed by atoms with Crippen molar-refractivity contribution in [1.29, 1.82) is 0 Å². The molecule has 1 saturated heterocycles. The van der Waals surface area contributed by atoms with Crippen molar-refractivity contribution in [3.05, 3.63) is 0 Å². The summed E-state index contributed by atoms with van der Waals surface area (Å²) in [5.74, 6) is -1.20. The van der Waals surface area contributed by atoms with Crippen LogP contribution in [0.3, 0.4) is 0 Å². The van der Waals surface area contributed by atoms with Gasteiger partial charge in [-0.25, -0.2) is 4.79 Å². The van der Waals surface area contributed by atoms with Crippen LogP contribution in [0.4, 0.5) is 4.79 Å². The summed E-state index contributed by atoms with van der Waals surface area (Å²) in [7, 11) is 0. The van der Waals surface area contributed by atoms with Crippen LogP contribution >= 0.6 is 11.8 Å². The number of amides is 2. The molecule has 15 heavy (non-hydrogen) atoms. The van der Waals surface area contributed by atoms with Crippen LogP contribution in [0, 0.1) is 5.92 Å². The van der Waals surface area contributed by atoms with Crippen molar-refractivity contribution in [3.63, 3.8) is 0 Å². The summed E-state index contributed by atoms with van der Waals surface area (Å²) >= 11 is 1.68. The summed E-state index contributed by atoms with van der Waals surface area (Å²) in [4.78, 5) is 23.4. The molecule has 1 unspecified atom stereocenters. The van der Waals surface area contributed by atoms with Crippen LogP contribution in [0.25, 0.3) is 0 Å². The fourth-order valence-corrected chi connectivity index (χ4v) is 1.48. The first kappa shape index (κ1) is 12.2. The van der Waals surface area contributed by atoms with Gasteiger partial charge in [-0.05, 0) is 6.26 Å². The van der Waals surface area contributed by atoms with Crippen LogP contribution in [-0.4, -0.2) is 53.1 Å². The van der Waals surface area contributed by atoms with Crippen molar-refractivity contribution < 1.29 is 14.7 Å². The number of hydrogen-bond donors (Lipinski definition) is 2. The van der Waals surface area contributed by atoms with Gasteiger partial charge >= 0.3 is 12.0 Å². The topological polar surface area (TPSA) is 69.6 Å². The predicted molar refractivity (Wildman–Crippen MR) is 59.1 cm³/mol. The molecular weight excluding hydrogens is 216 g/mol. The molecule has 1 fully saturated rings. The fourth-order valence-electron chi connectivity index (χ4n) is 1.23. The standard InChI is InChI=1S/C9H16N2O3S/c1-6(15-2)3-10-9(14)11-4-7(5-11)8(12)13/h6-7H,3-5H2,1-2H3,(H,10,14)(H,12,13). The van der Waals surface area contributed by atoms with Crippen molar-refractivity contribution in [2.45, 2.75) is 12.2 Å². The SMILES string of the molecule is CSC(C)CNC(=O)N1CC(C(=O)O)C1. The molecular formula is C9H16N2O3S. The lowest BCUT2D eigenvalue weighted by molar-refractivity contribution is -0.146. The monoisotopic (exact) mass is 232 g/mol. The lowest BCUT2D eigenvalue weighted by Crippen LogP contribution is -2.56. The highest BCUT2D eigenvalue weighted by Crippen LogP contribution is 2.15. The number of carboxylic acid groups (broad SMARTS) is 1. The molecule has 0 aromatic carbocycles. The average Bonchev–Trinajstić information content (AvgIpc) is 2.11. The molecule has 1 atom stereocenters. The molecule has 1 aliphatic heterocycles. The van der Waals surface area contributed by atoms with E-state index in [1.54, 1.807) is 11.8 Å². The van der Waals surface area contributed by atoms with Crippen molar-refractivity contribution in [2.75, 3.05) is 25.9 Å². The third-order valence-corrected chi connectivity index (χ3v) is 3.43. The predicted octanol–water partition coefficient (Wildman–Crippen LogP) is 0.464. The van der Waals surface area contributed by atoms with Gasteiger partial charge in [0, 0.05) is 24.9 Å². The van der Waals surface area contributed by atoms with E-state index in [2.05, 4.69) is 5.32 Å². The first-order valence-corrected chi connectivity index (χ1v) is 6.11. The summed E-state index contributed by atoms with van der Waals surface area (Å²) in [6.07, 6.45) is 1.99. The molecule has 0 radical (unpaired) electrons. The molecule has 86 valence electrons. The Morgan fingerprint density at radius 3 is 2.67 bits per heavy atom. The van der Waals surface area contributed by atoms with Gasteiger partial charge in [0.15, 0.2) is 0 Å². The van der Waals surface area contributed by atoms with E-state index in [1.165, 1.54) is 4.90 Å². The second-order valence-corrected chi connectivity index (χ2v) is 4.95. The highest BCUT2D eigenvalue weighted by atomic mass is 32.2. The number of nitrogens with one attached hydrogen (secondary N) is 1. The van der Waals surface area contributed by atoms with Gasteiger partial charge in [0.05, 0.1) is 5.92 Å². The summed E-state index contributed by atoms with van der Waals surface area (Å²) in [5.41, 5.74) is 0. The number of likely N-dealkylation sites (tertiary alicyclic amines) is 1. The minimum Gasteiger partial charge on any atom is -0.481 e. The number of hydrogen-bond acceptors (Lipinski definition) is 3. The molecule has 1 heterocycles. The van der Waals surface area contributed by atoms with Gasteiger partial charge in [-0.3, -0.25) is 4.79 Å². The lowest BCUT2D eigenvalue weighted by atomic mass is 10.0. The van der Waals surface area contributed by atoms with Crippen LogP contribution < -0.4 is 5.32 Å². The van der Waals surface area contributed by atoms with E-state index in [1.807, 2.05) is 13.2 Å². The first-order chi connectivity index (χ1) is 7.04. The van der Waals surface area contributed by atoms with Gasteiger partial charge in [-0.2, -0.15) is 11.8 Å². The normalized spacial score (nSPS) is 18.1. The molecule has 1 rings (SSSR count). The fraction of sp³-hybridized carbons (Fsp3) is 0.778. The zero-order chi connectivity index (χ0) is 11.4. The zero-order valence-electron chi connectivity index (χ0n) is 8.90. The van der Waals surface area contributed by atoms with Gasteiger partial charge in [-0.1, -0.05) is 6.92 Å². The molecule has 0 spiro atoms. The third kappa shape index (κ3) is 3.30. The summed E-state index contributed by atoms with van der Waals surface area (Å²) in [6, 6.07) is -0.159. The van der Waals surface area contributed by atoms with E-state index in [4.69, 9.17) is 5.11 Å². The van der Waals surface area contributed by atoms with E-state index in [9.17, 15) is 9.59 Å². The molecule has 1 aliphatic rings. The van der Waals surface area contributed by atoms with E-state index in [0.717, 1.165) is 0 Å². The molecule has 0 saturated carbocycles. The smallest absolute Gasteiger partial charge is 0.317 e. The molecule has 2 amide bonds. The minimum atomic E-state index is -0.823. The Hall–Kier alpha value is -0.910. The van der Waals surface area contributed by atoms with Crippen LogP contribution in [0.1, 0.15) is 6.92 Å². The van der Waals surface area contributed by atoms with E-state index < -0.39 is 5.97 Å². The Morgan fingerprint density at radius 1 is 1.60 bits per heavy atom. The molecule has 0 aromatic heterocycles. The number of carbonyl (C=O) groups is 2. The maximum Gasteiger partial charge on any atom is 0.317 e. The molecule has 0 aromatic rings. The molecule has 5 nitrogen and oxygen atoms in total. The van der Waals surface area contributed by atoms with Crippen LogP contribution in [0.5, 0.6) is 0 Å². The Morgan fingerprint density at radius 2 is 2.20 bits per heavy atom. The number of carbonyl (C=O) groups excluding carboxylic acids is 1.